The number of nitrogens with zero attached hydrogens (tertiary/aromatic N) is 1. The highest BCUT2D eigenvalue weighted by Crippen LogP contribution is 2.30. The summed E-state index contributed by atoms with van der Waals surface area (Å²) in [7, 11) is -3.50. The molecule has 0 unspecified atom stereocenters. The minimum Gasteiger partial charge on any atom is -0.456 e. The Kier molecular flexibility index (Phi) is 6.02. The van der Waals surface area contributed by atoms with Gasteiger partial charge in [-0.15, -0.1) is 0 Å². The topological polar surface area (TPSA) is 79.6 Å². The minimum absolute atomic E-state index is 0.174. The van der Waals surface area contributed by atoms with Crippen LogP contribution in [0.3, 0.4) is 0 Å². The second-order valence-corrected chi connectivity index (χ2v) is 10.9. The maximum absolute atomic E-state index is 12.9. The number of para-hydroxylation sites is 1. The van der Waals surface area contributed by atoms with Crippen molar-refractivity contribution in [2.75, 3.05) is 15.9 Å². The minimum atomic E-state index is -3.50. The monoisotopic (exact) mass is 498 g/mol. The van der Waals surface area contributed by atoms with E-state index in [1.54, 1.807) is 24.3 Å². The summed E-state index contributed by atoms with van der Waals surface area (Å²) in [5.74, 6) is -0.258. The van der Waals surface area contributed by atoms with Crippen molar-refractivity contribution in [2.45, 2.75) is 20.4 Å². The van der Waals surface area contributed by atoms with E-state index in [-0.39, 0.29) is 12.5 Å². The first-order chi connectivity index (χ1) is 17.2. The lowest BCUT2D eigenvalue weighted by Gasteiger charge is -2.24. The van der Waals surface area contributed by atoms with Gasteiger partial charge in [-0.2, -0.15) is 0 Å². The number of fused-ring (bicyclic) bond motifs is 3. The van der Waals surface area contributed by atoms with Crippen LogP contribution in [0.5, 0.6) is 0 Å². The summed E-state index contributed by atoms with van der Waals surface area (Å²) in [5, 5.41) is 4.94. The van der Waals surface area contributed by atoms with Crippen molar-refractivity contribution in [3.05, 3.63) is 107 Å². The third-order valence-electron chi connectivity index (χ3n) is 6.20. The standard InChI is InChI=1S/C29H26N2O4S/c1-19-8-15-26(20(2)16-19)31(36(3,33)34)18-21-9-11-22(12-10-21)29(32)30-23-13-14-25-24-6-4-5-7-27(24)35-28(25)17-23/h4-17H,18H2,1-3H3,(H,30,32). The molecule has 7 heteroatoms. The molecule has 0 radical (unpaired) electrons. The van der Waals surface area contributed by atoms with Gasteiger partial charge in [-0.1, -0.05) is 48.0 Å². The number of aryl methyl sites for hydroxylation is 2. The Bertz CT molecular complexity index is 1700. The molecule has 182 valence electrons. The van der Waals surface area contributed by atoms with Crippen LogP contribution >= 0.6 is 0 Å². The van der Waals surface area contributed by atoms with E-state index in [2.05, 4.69) is 5.32 Å². The average molecular weight is 499 g/mol. The van der Waals surface area contributed by atoms with Gasteiger partial charge in [0.1, 0.15) is 11.2 Å². The fourth-order valence-electron chi connectivity index (χ4n) is 4.40. The van der Waals surface area contributed by atoms with Crippen molar-refractivity contribution in [1.29, 1.82) is 0 Å². The van der Waals surface area contributed by atoms with Gasteiger partial charge in [-0.05, 0) is 61.4 Å². The zero-order chi connectivity index (χ0) is 25.4. The lowest BCUT2D eigenvalue weighted by atomic mass is 10.1. The molecule has 0 saturated carbocycles. The molecule has 0 aliphatic rings. The van der Waals surface area contributed by atoms with Gasteiger partial charge >= 0.3 is 0 Å². The summed E-state index contributed by atoms with van der Waals surface area (Å²) in [6, 6.07) is 26.1. The highest BCUT2D eigenvalue weighted by Gasteiger charge is 2.20. The Balaban J connectivity index is 1.34. The number of hydrogen-bond donors (Lipinski definition) is 1. The molecule has 0 bridgehead atoms. The van der Waals surface area contributed by atoms with Crippen LogP contribution in [0.4, 0.5) is 11.4 Å². The quantitative estimate of drug-likeness (QED) is 0.293. The van der Waals surface area contributed by atoms with Crippen molar-refractivity contribution in [1.82, 2.24) is 0 Å². The number of benzene rings is 4. The van der Waals surface area contributed by atoms with Gasteiger partial charge in [0, 0.05) is 28.1 Å². The van der Waals surface area contributed by atoms with Crippen molar-refractivity contribution in [3.63, 3.8) is 0 Å². The molecule has 1 aromatic heterocycles. The van der Waals surface area contributed by atoms with Gasteiger partial charge in [0.05, 0.1) is 18.5 Å². The van der Waals surface area contributed by atoms with Crippen LogP contribution < -0.4 is 9.62 Å². The van der Waals surface area contributed by atoms with Crippen molar-refractivity contribution >= 4 is 49.2 Å². The second kappa shape index (κ2) is 9.17. The van der Waals surface area contributed by atoms with E-state index in [9.17, 15) is 13.2 Å². The first-order valence-corrected chi connectivity index (χ1v) is 13.4. The SMILES string of the molecule is Cc1ccc(N(Cc2ccc(C(=O)Nc3ccc4c(c3)oc3ccccc34)cc2)S(C)(=O)=O)c(C)c1. The molecule has 1 heterocycles. The van der Waals surface area contributed by atoms with E-state index in [1.165, 1.54) is 10.6 Å². The normalized spacial score (nSPS) is 11.6. The van der Waals surface area contributed by atoms with E-state index in [0.29, 0.717) is 22.5 Å². The average Bonchev–Trinajstić information content (AvgIpc) is 3.20. The molecule has 0 saturated heterocycles. The fourth-order valence-corrected chi connectivity index (χ4v) is 5.35. The third kappa shape index (κ3) is 4.70. The molecule has 1 amide bonds. The van der Waals surface area contributed by atoms with Crippen LogP contribution in [-0.4, -0.2) is 20.6 Å². The number of rotatable bonds is 6. The Morgan fingerprint density at radius 1 is 0.861 bits per heavy atom. The predicted molar refractivity (Wildman–Crippen MR) is 145 cm³/mol. The lowest BCUT2D eigenvalue weighted by Crippen LogP contribution is -2.30. The molecular weight excluding hydrogens is 472 g/mol. The smallest absolute Gasteiger partial charge is 0.255 e. The number of carbonyl (C=O) groups excluding carboxylic acids is 1. The van der Waals surface area contributed by atoms with E-state index < -0.39 is 10.0 Å². The van der Waals surface area contributed by atoms with Gasteiger partial charge in [-0.25, -0.2) is 8.42 Å². The van der Waals surface area contributed by atoms with Gasteiger partial charge in [0.2, 0.25) is 10.0 Å². The molecule has 5 rings (SSSR count). The van der Waals surface area contributed by atoms with Crippen molar-refractivity contribution in [2.24, 2.45) is 0 Å². The molecule has 0 spiro atoms. The van der Waals surface area contributed by atoms with Gasteiger partial charge in [0.25, 0.3) is 5.91 Å². The van der Waals surface area contributed by atoms with Crippen LogP contribution in [0.25, 0.3) is 21.9 Å². The molecule has 0 fully saturated rings. The van der Waals surface area contributed by atoms with E-state index >= 15 is 0 Å². The van der Waals surface area contributed by atoms with Crippen LogP contribution in [0.15, 0.2) is 89.3 Å². The second-order valence-electron chi connectivity index (χ2n) is 9.02. The molecule has 36 heavy (non-hydrogen) atoms. The van der Waals surface area contributed by atoms with Crippen LogP contribution in [0.2, 0.25) is 0 Å². The maximum atomic E-state index is 12.9. The highest BCUT2D eigenvalue weighted by atomic mass is 32.2. The highest BCUT2D eigenvalue weighted by molar-refractivity contribution is 7.92. The number of sulfonamides is 1. The molecule has 6 nitrogen and oxygen atoms in total. The van der Waals surface area contributed by atoms with Crippen LogP contribution in [0, 0.1) is 13.8 Å². The fraction of sp³-hybridized carbons (Fsp3) is 0.138. The Morgan fingerprint density at radius 2 is 1.58 bits per heavy atom. The number of nitrogens with one attached hydrogen (secondary N) is 1. The predicted octanol–water partition coefficient (Wildman–Crippen LogP) is 6.42. The maximum Gasteiger partial charge on any atom is 0.255 e. The number of carbonyl (C=O) groups is 1. The first-order valence-electron chi connectivity index (χ1n) is 11.6. The Hall–Kier alpha value is -4.10. The Labute approximate surface area is 210 Å². The van der Waals surface area contributed by atoms with E-state index in [0.717, 1.165) is 33.0 Å². The summed E-state index contributed by atoms with van der Waals surface area (Å²) in [6.07, 6.45) is 1.20. The molecule has 0 aliphatic carbocycles. The van der Waals surface area contributed by atoms with Crippen molar-refractivity contribution in [3.8, 4) is 0 Å². The zero-order valence-electron chi connectivity index (χ0n) is 20.3. The summed E-state index contributed by atoms with van der Waals surface area (Å²) in [5.41, 5.74) is 5.99. The molecule has 1 N–H and O–H groups in total. The number of amides is 1. The third-order valence-corrected chi connectivity index (χ3v) is 7.33. The molecule has 5 aromatic rings. The van der Waals surface area contributed by atoms with E-state index in [1.807, 2.05) is 74.5 Å². The lowest BCUT2D eigenvalue weighted by molar-refractivity contribution is 0.102. The van der Waals surface area contributed by atoms with Crippen LogP contribution in [-0.2, 0) is 16.6 Å². The molecule has 0 aliphatic heterocycles. The molecular formula is C29H26N2O4S. The largest absolute Gasteiger partial charge is 0.456 e. The summed E-state index contributed by atoms with van der Waals surface area (Å²) in [4.78, 5) is 12.9. The summed E-state index contributed by atoms with van der Waals surface area (Å²) in [6.45, 7) is 4.05. The Morgan fingerprint density at radius 3 is 2.31 bits per heavy atom. The van der Waals surface area contributed by atoms with Gasteiger partial charge in [-0.3, -0.25) is 9.10 Å². The first kappa shape index (κ1) is 23.6. The zero-order valence-corrected chi connectivity index (χ0v) is 21.1. The number of furan rings is 1. The summed E-state index contributed by atoms with van der Waals surface area (Å²) < 4.78 is 32.4. The molecule has 4 aromatic carbocycles. The van der Waals surface area contributed by atoms with Gasteiger partial charge < -0.3 is 9.73 Å². The number of hydrogen-bond acceptors (Lipinski definition) is 4. The summed E-state index contributed by atoms with van der Waals surface area (Å²) >= 11 is 0. The molecule has 0 atom stereocenters. The van der Waals surface area contributed by atoms with Crippen molar-refractivity contribution < 1.29 is 17.6 Å². The number of anilines is 2. The van der Waals surface area contributed by atoms with E-state index in [4.69, 9.17) is 4.42 Å². The van der Waals surface area contributed by atoms with Gasteiger partial charge in [0.15, 0.2) is 0 Å². The van der Waals surface area contributed by atoms with Crippen LogP contribution in [0.1, 0.15) is 27.0 Å².